The molecule has 141 heavy (non-hydrogen) atoms. The summed E-state index contributed by atoms with van der Waals surface area (Å²) in [5, 5.41) is 25.5. The van der Waals surface area contributed by atoms with E-state index in [1.165, 1.54) is 58.3 Å². The highest BCUT2D eigenvalue weighted by atomic mass is 16.5. The van der Waals surface area contributed by atoms with Gasteiger partial charge in [0.1, 0.15) is 157 Å². The number of benzene rings is 6. The van der Waals surface area contributed by atoms with Gasteiger partial charge in [0.2, 0.25) is 29.0 Å². The Labute approximate surface area is 811 Å². The molecule has 0 aliphatic rings. The summed E-state index contributed by atoms with van der Waals surface area (Å²) in [6.45, 7) is 13.0. The number of ether oxygens (including phenoxy) is 8. The predicted octanol–water partition coefficient (Wildman–Crippen LogP) is 19.9. The summed E-state index contributed by atoms with van der Waals surface area (Å²) in [5.41, 5.74) is 4.86. The molecule has 15 aromatic rings. The number of carboxylic acids is 1. The normalized spacial score (nSPS) is 9.80. The van der Waals surface area contributed by atoms with Gasteiger partial charge >= 0.3 is 11.9 Å². The van der Waals surface area contributed by atoms with Crippen molar-refractivity contribution < 1.29 is 136 Å². The van der Waals surface area contributed by atoms with Gasteiger partial charge in [-0.2, -0.15) is 0 Å². The van der Waals surface area contributed by atoms with Crippen molar-refractivity contribution in [1.29, 1.82) is 0 Å². The van der Waals surface area contributed by atoms with Crippen LogP contribution in [0, 0.1) is 47.9 Å². The van der Waals surface area contributed by atoms with Crippen molar-refractivity contribution in [2.24, 2.45) is 5.73 Å². The topological polar surface area (TPSA) is 432 Å². The number of carboxylic acid groups (broad SMARTS) is 1. The number of esters is 1. The number of Topliss-reactive ketones (excluding diaryl/α,β-unsaturated/α-hetero) is 4. The van der Waals surface area contributed by atoms with Crippen molar-refractivity contribution in [3.05, 3.63) is 432 Å². The van der Waals surface area contributed by atoms with Crippen molar-refractivity contribution in [2.75, 3.05) is 14.2 Å². The van der Waals surface area contributed by atoms with Crippen molar-refractivity contribution in [3.8, 4) is 82.4 Å². The van der Waals surface area contributed by atoms with Gasteiger partial charge in [-0.25, -0.2) is 9.59 Å². The van der Waals surface area contributed by atoms with Crippen molar-refractivity contribution in [1.82, 2.24) is 0 Å². The molecule has 0 aliphatic carbocycles. The lowest BCUT2D eigenvalue weighted by molar-refractivity contribution is -0.134. The number of carbonyl (C=O) groups is 9. The van der Waals surface area contributed by atoms with Crippen LogP contribution in [0.5, 0.6) is 34.5 Å². The smallest absolute Gasteiger partial charge is 0.384 e. The Morgan fingerprint density at radius 3 is 0.887 bits per heavy atom. The standard InChI is InChI=1S/C15H12O4.2C15H12O3.2C14H12O3.C14H10O3.C8H9NO3.C8H8O4.C8H10O3/c1-17-15(16)10-9-13-7-8-14(19-13)11-18-12-5-3-2-4-6-12;2*1-12(16)7-8-14-9-10-15(18-14)11-17-13-5-3-2-4-6-13;3*1-2-13(15)14-9-8-12(17-14)10-16-11-6-4-3-5-7-11;9-8(11)4-3-6-1-2-7(5-10)12-6;9-5-7-2-1-6(12-7)3-4-8(10)11;1-6(9)8-4-3-7(11-8)5-10-2/h2-8H,11H2,1H3;2*2-6,9-10H,11H2,1H3;2*2-9H,1,10H2;1,3-9H,10H2;1-4,10H,5H2,(H2,9,11);1-4,9H,5H2,(H,10,11);3-4H,5H2,1-2H3/b;;;;;;2*4-3+;. The molecule has 0 bridgehead atoms. The number of carbonyl (C=O) groups excluding carboxylic acids is 8. The molecule has 0 saturated heterocycles. The molecule has 15 rings (SSSR count). The highest BCUT2D eigenvalue weighted by Gasteiger charge is 2.14. The van der Waals surface area contributed by atoms with Crippen molar-refractivity contribution in [3.63, 3.8) is 0 Å². The maximum Gasteiger partial charge on any atom is 0.384 e. The third kappa shape index (κ3) is 44.7. The fourth-order valence-electron chi connectivity index (χ4n) is 10.3. The van der Waals surface area contributed by atoms with Crippen molar-refractivity contribution in [2.45, 2.75) is 80.2 Å². The number of aliphatic hydroxyl groups excluding tert-OH is 2. The van der Waals surface area contributed by atoms with E-state index < -0.39 is 23.6 Å². The second-order valence-electron chi connectivity index (χ2n) is 27.8. The van der Waals surface area contributed by atoms with Crippen LogP contribution in [0.2, 0.25) is 0 Å². The van der Waals surface area contributed by atoms with Gasteiger partial charge in [0.05, 0.1) is 7.11 Å². The van der Waals surface area contributed by atoms with Crippen LogP contribution in [0.4, 0.5) is 0 Å². The van der Waals surface area contributed by atoms with E-state index in [1.54, 1.807) is 116 Å². The van der Waals surface area contributed by atoms with Crippen molar-refractivity contribution >= 4 is 64.7 Å². The lowest BCUT2D eigenvalue weighted by Crippen LogP contribution is -2.04. The van der Waals surface area contributed by atoms with Crippen LogP contribution in [-0.2, 0) is 92.9 Å². The van der Waals surface area contributed by atoms with Crippen LogP contribution in [0.1, 0.15) is 144 Å². The average Bonchev–Trinajstić information content (AvgIpc) is 1.77. The molecule has 9 heterocycles. The molecule has 5 N–H and O–H groups in total. The van der Waals surface area contributed by atoms with Crippen LogP contribution >= 0.6 is 0 Å². The van der Waals surface area contributed by atoms with Gasteiger partial charge in [0, 0.05) is 46.0 Å². The van der Waals surface area contributed by atoms with Gasteiger partial charge in [-0.1, -0.05) is 122 Å². The molecule has 0 spiro atoms. The number of allylic oxidation sites excluding steroid dienone is 2. The number of ketones is 6. The van der Waals surface area contributed by atoms with E-state index in [2.05, 4.69) is 53.4 Å². The number of hydrogen-bond donors (Lipinski definition) is 4. The highest BCUT2D eigenvalue weighted by molar-refractivity contribution is 6.06. The van der Waals surface area contributed by atoms with E-state index in [1.807, 2.05) is 188 Å². The maximum atomic E-state index is 11.2. The summed E-state index contributed by atoms with van der Waals surface area (Å²) in [4.78, 5) is 96.9. The zero-order valence-electron chi connectivity index (χ0n) is 77.1. The van der Waals surface area contributed by atoms with Gasteiger partial charge in [-0.3, -0.25) is 33.6 Å². The number of amides is 1. The Kier molecular flexibility index (Phi) is 48.5. The molecule has 30 heteroatoms. The minimum absolute atomic E-state index is 0.0626. The molecule has 0 fully saturated rings. The third-order valence-electron chi connectivity index (χ3n) is 16.9. The van der Waals surface area contributed by atoms with Gasteiger partial charge in [-0.05, 0) is 242 Å². The maximum absolute atomic E-state index is 11.2. The van der Waals surface area contributed by atoms with Gasteiger partial charge in [0.15, 0.2) is 46.1 Å². The molecule has 0 unspecified atom stereocenters. The first kappa shape index (κ1) is 109. The number of nitrogens with two attached hydrogens (primary N) is 1. The molecule has 6 aromatic carbocycles. The third-order valence-corrected chi connectivity index (χ3v) is 16.9. The molecule has 0 aliphatic heterocycles. The first-order valence-corrected chi connectivity index (χ1v) is 42.3. The lowest BCUT2D eigenvalue weighted by atomic mass is 10.3. The SMILES string of the molecule is C#CC(=O)c1ccc(COc2ccccc2)o1.C=CC(=O)c1ccc(COc2ccccc2)o1.C=CC(=O)c1ccc(COc2ccccc2)o1.CC(=O)C#Cc1ccc(COc2ccccc2)o1.CC(=O)C#Cc1ccc(COc2ccccc2)o1.COC(=O)C#Cc1ccc(COc2ccccc2)o1.COCc1ccc(C(C)=O)o1.NC(=O)/C=C/c1ccc(CO)o1.O=C(O)/C=C/c1ccc(CO)o1. The van der Waals surface area contributed by atoms with E-state index >= 15 is 0 Å². The molecule has 0 saturated carbocycles. The molecule has 30 nitrogen and oxygen atoms in total. The first-order valence-electron chi connectivity index (χ1n) is 42.3. The lowest BCUT2D eigenvalue weighted by Gasteiger charge is -2.02. The Hall–Kier alpha value is -18.9. The van der Waals surface area contributed by atoms with Crippen LogP contribution in [-0.4, -0.2) is 82.1 Å². The summed E-state index contributed by atoms with van der Waals surface area (Å²) in [5.74, 6) is 26.8. The summed E-state index contributed by atoms with van der Waals surface area (Å²) in [6.07, 6.45) is 12.4. The summed E-state index contributed by atoms with van der Waals surface area (Å²) < 4.78 is 89.4. The fourth-order valence-corrected chi connectivity index (χ4v) is 10.3. The number of hydrogen-bond acceptors (Lipinski definition) is 28. The first-order chi connectivity index (χ1) is 68.3. The van der Waals surface area contributed by atoms with E-state index in [0.717, 1.165) is 40.6 Å². The zero-order valence-corrected chi connectivity index (χ0v) is 77.1. The average molecular weight is 1910 g/mol. The monoisotopic (exact) mass is 1910 g/mol. The quantitative estimate of drug-likeness (QED) is 0.01000. The molecular formula is C111H97NO29. The van der Waals surface area contributed by atoms with E-state index in [0.29, 0.717) is 126 Å². The van der Waals surface area contributed by atoms with Gasteiger partial charge < -0.3 is 98.7 Å². The molecule has 1 amide bonds. The van der Waals surface area contributed by atoms with E-state index in [4.69, 9.17) is 100 Å². The largest absolute Gasteiger partial charge is 0.486 e. The molecule has 0 radical (unpaired) electrons. The Morgan fingerprint density at radius 1 is 0.340 bits per heavy atom. The molecule has 9 aromatic heterocycles. The van der Waals surface area contributed by atoms with Crippen LogP contribution in [0.25, 0.3) is 12.2 Å². The summed E-state index contributed by atoms with van der Waals surface area (Å²) >= 11 is 0. The zero-order chi connectivity index (χ0) is 102. The molecule has 720 valence electrons. The van der Waals surface area contributed by atoms with Crippen LogP contribution < -0.4 is 34.2 Å². The molecule has 0 atom stereocenters. The summed E-state index contributed by atoms with van der Waals surface area (Å²) in [7, 11) is 2.86. The Balaban J connectivity index is 0.000000217. The number of primary amides is 1. The van der Waals surface area contributed by atoms with E-state index in [9.17, 15) is 43.2 Å². The number of methoxy groups -OCH3 is 2. The Bertz CT molecular complexity index is 6450. The number of rotatable bonds is 32. The van der Waals surface area contributed by atoms with Crippen LogP contribution in [0.15, 0.2) is 368 Å². The van der Waals surface area contributed by atoms with Gasteiger partial charge in [-0.15, -0.1) is 6.42 Å². The highest BCUT2D eigenvalue weighted by Crippen LogP contribution is 2.22. The van der Waals surface area contributed by atoms with Gasteiger partial charge in [0.25, 0.3) is 5.78 Å². The summed E-state index contributed by atoms with van der Waals surface area (Å²) in [6, 6.07) is 86.8. The number of furan rings is 9. The number of para-hydroxylation sites is 6. The van der Waals surface area contributed by atoms with Crippen LogP contribution in [0.3, 0.4) is 0 Å². The Morgan fingerprint density at radius 2 is 0.617 bits per heavy atom. The minimum Gasteiger partial charge on any atom is -0.486 e. The number of aliphatic hydroxyl groups is 2. The second-order valence-corrected chi connectivity index (χ2v) is 27.8. The fraction of sp³-hybridized carbons (Fsp3) is 0.126. The number of aliphatic carboxylic acids is 1. The minimum atomic E-state index is -1.03. The second kappa shape index (κ2) is 62.6. The van der Waals surface area contributed by atoms with E-state index in [-0.39, 0.29) is 66.0 Å². The predicted molar refractivity (Wildman–Crippen MR) is 517 cm³/mol. The number of terminal acetylenes is 1. The molecular weight excluding hydrogens is 1810 g/mol.